The van der Waals surface area contributed by atoms with Crippen LogP contribution in [0.1, 0.15) is 37.0 Å². The number of para-hydroxylation sites is 1. The van der Waals surface area contributed by atoms with E-state index in [1.165, 1.54) is 0 Å². The number of carbonyl (C=O) groups excluding carboxylic acids is 1. The lowest BCUT2D eigenvalue weighted by atomic mass is 10.1. The molecule has 0 heterocycles. The molecule has 5 heteroatoms. The van der Waals surface area contributed by atoms with Crippen LogP contribution in [0.3, 0.4) is 0 Å². The third-order valence-corrected chi connectivity index (χ3v) is 2.61. The fourth-order valence-electron chi connectivity index (χ4n) is 1.72. The summed E-state index contributed by atoms with van der Waals surface area (Å²) in [7, 11) is 0. The van der Waals surface area contributed by atoms with Gasteiger partial charge in [-0.15, -0.1) is 0 Å². The highest BCUT2D eigenvalue weighted by Crippen LogP contribution is 2.18. The molecule has 0 spiro atoms. The third-order valence-electron chi connectivity index (χ3n) is 2.61. The monoisotopic (exact) mass is 265 g/mol. The molecule has 5 nitrogen and oxygen atoms in total. The van der Waals surface area contributed by atoms with Crippen LogP contribution < -0.4 is 10.1 Å². The molecule has 1 aromatic carbocycles. The van der Waals surface area contributed by atoms with Gasteiger partial charge < -0.3 is 15.2 Å². The molecule has 1 rings (SSSR count). The molecule has 0 saturated carbocycles. The highest BCUT2D eigenvalue weighted by atomic mass is 16.5. The molecule has 19 heavy (non-hydrogen) atoms. The molecular weight excluding hydrogens is 246 g/mol. The second-order valence-electron chi connectivity index (χ2n) is 4.08. The molecule has 104 valence electrons. The summed E-state index contributed by atoms with van der Waals surface area (Å²) in [6, 6.07) is 5.92. The van der Waals surface area contributed by atoms with Crippen LogP contribution in [-0.2, 0) is 4.79 Å². The van der Waals surface area contributed by atoms with Crippen molar-refractivity contribution in [3.63, 3.8) is 0 Å². The standard InChI is InChI=1S/C14H19NO4/c1-3-7-11(14(17)18)15-13(16)10-8-5-6-9-12(10)19-4-2/h5-6,8-9,11H,3-4,7H2,1-2H3,(H,15,16)(H,17,18)/t11-/m1/s1. The first-order chi connectivity index (χ1) is 9.10. The third kappa shape index (κ3) is 4.28. The Kier molecular flexibility index (Phi) is 5.85. The molecule has 0 radical (unpaired) electrons. The van der Waals surface area contributed by atoms with Crippen LogP contribution in [0.5, 0.6) is 5.75 Å². The molecular formula is C14H19NO4. The summed E-state index contributed by atoms with van der Waals surface area (Å²) < 4.78 is 5.35. The maximum atomic E-state index is 12.1. The average Bonchev–Trinajstić information content (AvgIpc) is 2.39. The molecule has 2 N–H and O–H groups in total. The predicted octanol–water partition coefficient (Wildman–Crippen LogP) is 2.07. The van der Waals surface area contributed by atoms with Gasteiger partial charge in [0.1, 0.15) is 11.8 Å². The van der Waals surface area contributed by atoms with Crippen molar-refractivity contribution in [3.8, 4) is 5.75 Å². The first kappa shape index (κ1) is 15.0. The lowest BCUT2D eigenvalue weighted by Gasteiger charge is -2.15. The number of rotatable bonds is 7. The lowest BCUT2D eigenvalue weighted by Crippen LogP contribution is -2.40. The van der Waals surface area contributed by atoms with Crippen molar-refractivity contribution in [2.75, 3.05) is 6.61 Å². The Balaban J connectivity index is 2.84. The molecule has 0 fully saturated rings. The largest absolute Gasteiger partial charge is 0.493 e. The summed E-state index contributed by atoms with van der Waals surface area (Å²) in [5.74, 6) is -0.989. The summed E-state index contributed by atoms with van der Waals surface area (Å²) in [6.45, 7) is 4.14. The van der Waals surface area contributed by atoms with Gasteiger partial charge in [0.15, 0.2) is 0 Å². The molecule has 0 aliphatic rings. The van der Waals surface area contributed by atoms with Crippen molar-refractivity contribution in [1.82, 2.24) is 5.32 Å². The zero-order valence-electron chi connectivity index (χ0n) is 11.2. The number of carbonyl (C=O) groups is 2. The van der Waals surface area contributed by atoms with Crippen molar-refractivity contribution in [2.24, 2.45) is 0 Å². The summed E-state index contributed by atoms with van der Waals surface area (Å²) in [6.07, 6.45) is 1.09. The van der Waals surface area contributed by atoms with Crippen LogP contribution in [0, 0.1) is 0 Å². The Morgan fingerprint density at radius 1 is 1.32 bits per heavy atom. The Labute approximate surface area is 112 Å². The van der Waals surface area contributed by atoms with Gasteiger partial charge in [0, 0.05) is 0 Å². The van der Waals surface area contributed by atoms with Crippen LogP contribution in [0.25, 0.3) is 0 Å². The molecule has 0 aliphatic heterocycles. The summed E-state index contributed by atoms with van der Waals surface area (Å²) in [5.41, 5.74) is 0.353. The van der Waals surface area contributed by atoms with E-state index in [-0.39, 0.29) is 0 Å². The van der Waals surface area contributed by atoms with E-state index in [0.717, 1.165) is 0 Å². The van der Waals surface area contributed by atoms with Crippen molar-refractivity contribution in [1.29, 1.82) is 0 Å². The molecule has 0 bridgehead atoms. The maximum Gasteiger partial charge on any atom is 0.326 e. The minimum Gasteiger partial charge on any atom is -0.493 e. The molecule has 0 aliphatic carbocycles. The van der Waals surface area contributed by atoms with E-state index in [4.69, 9.17) is 9.84 Å². The normalized spacial score (nSPS) is 11.7. The first-order valence-electron chi connectivity index (χ1n) is 6.35. The van der Waals surface area contributed by atoms with Crippen molar-refractivity contribution in [2.45, 2.75) is 32.7 Å². The van der Waals surface area contributed by atoms with Crippen molar-refractivity contribution >= 4 is 11.9 Å². The van der Waals surface area contributed by atoms with E-state index in [0.29, 0.717) is 30.8 Å². The number of hydrogen-bond acceptors (Lipinski definition) is 3. The SMILES string of the molecule is CCC[C@@H](NC(=O)c1ccccc1OCC)C(=O)O. The minimum absolute atomic E-state index is 0.353. The Morgan fingerprint density at radius 3 is 2.58 bits per heavy atom. The first-order valence-corrected chi connectivity index (χ1v) is 6.35. The zero-order valence-corrected chi connectivity index (χ0v) is 11.2. The van der Waals surface area contributed by atoms with Gasteiger partial charge in [-0.3, -0.25) is 4.79 Å². The average molecular weight is 265 g/mol. The Bertz CT molecular complexity index is 445. The van der Waals surface area contributed by atoms with Gasteiger partial charge in [-0.1, -0.05) is 25.5 Å². The van der Waals surface area contributed by atoms with Gasteiger partial charge in [0.05, 0.1) is 12.2 Å². The predicted molar refractivity (Wildman–Crippen MR) is 71.4 cm³/mol. The van der Waals surface area contributed by atoms with Crippen molar-refractivity contribution < 1.29 is 19.4 Å². The zero-order chi connectivity index (χ0) is 14.3. The van der Waals surface area contributed by atoms with Gasteiger partial charge >= 0.3 is 5.97 Å². The van der Waals surface area contributed by atoms with E-state index >= 15 is 0 Å². The topological polar surface area (TPSA) is 75.6 Å². The van der Waals surface area contributed by atoms with Crippen LogP contribution in [0.2, 0.25) is 0 Å². The van der Waals surface area contributed by atoms with Gasteiger partial charge in [-0.25, -0.2) is 4.79 Å². The van der Waals surface area contributed by atoms with E-state index in [1.54, 1.807) is 24.3 Å². The smallest absolute Gasteiger partial charge is 0.326 e. The molecule has 0 saturated heterocycles. The van der Waals surface area contributed by atoms with E-state index < -0.39 is 17.9 Å². The Morgan fingerprint density at radius 2 is 2.00 bits per heavy atom. The minimum atomic E-state index is -1.02. The number of carboxylic acids is 1. The van der Waals surface area contributed by atoms with Gasteiger partial charge in [0.2, 0.25) is 0 Å². The number of benzene rings is 1. The Hall–Kier alpha value is -2.04. The molecule has 0 aromatic heterocycles. The van der Waals surface area contributed by atoms with Crippen LogP contribution in [-0.4, -0.2) is 29.6 Å². The quantitative estimate of drug-likeness (QED) is 0.791. The maximum absolute atomic E-state index is 12.1. The second kappa shape index (κ2) is 7.41. The number of nitrogens with one attached hydrogen (secondary N) is 1. The fourth-order valence-corrected chi connectivity index (χ4v) is 1.72. The number of amides is 1. The van der Waals surface area contributed by atoms with E-state index in [1.807, 2.05) is 13.8 Å². The number of aliphatic carboxylic acids is 1. The molecule has 1 aromatic rings. The number of ether oxygens (including phenoxy) is 1. The highest BCUT2D eigenvalue weighted by molar-refractivity contribution is 5.98. The van der Waals surface area contributed by atoms with Crippen molar-refractivity contribution in [3.05, 3.63) is 29.8 Å². The van der Waals surface area contributed by atoms with Gasteiger partial charge in [-0.05, 0) is 25.5 Å². The van der Waals surface area contributed by atoms with Crippen LogP contribution in [0.15, 0.2) is 24.3 Å². The summed E-state index contributed by atoms with van der Waals surface area (Å²) >= 11 is 0. The van der Waals surface area contributed by atoms with E-state index in [2.05, 4.69) is 5.32 Å². The molecule has 1 atom stereocenters. The summed E-state index contributed by atoms with van der Waals surface area (Å²) in [4.78, 5) is 23.1. The van der Waals surface area contributed by atoms with Gasteiger partial charge in [0.25, 0.3) is 5.91 Å². The number of hydrogen-bond donors (Lipinski definition) is 2. The fraction of sp³-hybridized carbons (Fsp3) is 0.429. The van der Waals surface area contributed by atoms with Crippen LogP contribution >= 0.6 is 0 Å². The van der Waals surface area contributed by atoms with Gasteiger partial charge in [-0.2, -0.15) is 0 Å². The lowest BCUT2D eigenvalue weighted by molar-refractivity contribution is -0.139. The highest BCUT2D eigenvalue weighted by Gasteiger charge is 2.21. The van der Waals surface area contributed by atoms with Crippen LogP contribution in [0.4, 0.5) is 0 Å². The summed E-state index contributed by atoms with van der Waals surface area (Å²) in [5, 5.41) is 11.5. The number of carboxylic acid groups (broad SMARTS) is 1. The van der Waals surface area contributed by atoms with E-state index in [9.17, 15) is 9.59 Å². The molecule has 1 amide bonds. The second-order valence-corrected chi connectivity index (χ2v) is 4.08. The molecule has 0 unspecified atom stereocenters.